The van der Waals surface area contributed by atoms with Gasteiger partial charge in [0.05, 0.1) is 29.0 Å². The SMILES string of the molecule is COC(=O)CN1C(=O)/C(=C2\SC(=S)N(c3cccc(Cl)c3)C2=O)c2ccccc21. The molecule has 0 radical (unpaired) electrons. The lowest BCUT2D eigenvalue weighted by Gasteiger charge is -2.15. The molecule has 0 unspecified atom stereocenters. The summed E-state index contributed by atoms with van der Waals surface area (Å²) in [6.45, 7) is -0.246. The Morgan fingerprint density at radius 2 is 1.90 bits per heavy atom. The smallest absolute Gasteiger partial charge is 0.325 e. The van der Waals surface area contributed by atoms with Gasteiger partial charge in [-0.1, -0.05) is 59.8 Å². The molecule has 6 nitrogen and oxygen atoms in total. The molecule has 2 amide bonds. The molecule has 29 heavy (non-hydrogen) atoms. The van der Waals surface area contributed by atoms with Crippen molar-refractivity contribution in [2.75, 3.05) is 23.5 Å². The number of amides is 2. The van der Waals surface area contributed by atoms with Gasteiger partial charge in [-0.25, -0.2) is 0 Å². The number of carbonyl (C=O) groups is 3. The van der Waals surface area contributed by atoms with Crippen LogP contribution in [0, 0.1) is 0 Å². The zero-order valence-corrected chi connectivity index (χ0v) is 17.4. The maximum absolute atomic E-state index is 13.2. The van der Waals surface area contributed by atoms with Crippen LogP contribution in [0.3, 0.4) is 0 Å². The number of hydrogen-bond donors (Lipinski definition) is 0. The number of halogens is 1. The Labute approximate surface area is 181 Å². The van der Waals surface area contributed by atoms with E-state index in [1.54, 1.807) is 48.5 Å². The second kappa shape index (κ2) is 7.62. The van der Waals surface area contributed by atoms with Crippen LogP contribution in [-0.4, -0.2) is 35.8 Å². The van der Waals surface area contributed by atoms with E-state index < -0.39 is 17.8 Å². The highest BCUT2D eigenvalue weighted by Crippen LogP contribution is 2.45. The highest BCUT2D eigenvalue weighted by atomic mass is 35.5. The van der Waals surface area contributed by atoms with E-state index in [0.29, 0.717) is 26.3 Å². The molecule has 1 saturated heterocycles. The van der Waals surface area contributed by atoms with E-state index in [-0.39, 0.29) is 17.0 Å². The third kappa shape index (κ3) is 3.33. The first-order valence-electron chi connectivity index (χ1n) is 8.46. The van der Waals surface area contributed by atoms with Crippen LogP contribution in [0.25, 0.3) is 5.57 Å². The molecule has 0 atom stereocenters. The molecular weight excluding hydrogens is 432 g/mol. The number of carbonyl (C=O) groups excluding carboxylic acids is 3. The molecule has 0 spiro atoms. The van der Waals surface area contributed by atoms with Crippen LogP contribution in [0.4, 0.5) is 11.4 Å². The first kappa shape index (κ1) is 19.6. The number of nitrogens with zero attached hydrogens (tertiary/aromatic N) is 2. The van der Waals surface area contributed by atoms with Gasteiger partial charge in [0, 0.05) is 10.6 Å². The number of para-hydroxylation sites is 1. The number of ether oxygens (including phenoxy) is 1. The van der Waals surface area contributed by atoms with Gasteiger partial charge in [0.15, 0.2) is 4.32 Å². The molecule has 146 valence electrons. The lowest BCUT2D eigenvalue weighted by atomic mass is 10.1. The number of benzene rings is 2. The zero-order valence-electron chi connectivity index (χ0n) is 15.0. The third-order valence-corrected chi connectivity index (χ3v) is 6.11. The van der Waals surface area contributed by atoms with Gasteiger partial charge in [-0.3, -0.25) is 24.2 Å². The predicted octanol–water partition coefficient (Wildman–Crippen LogP) is 3.64. The van der Waals surface area contributed by atoms with Gasteiger partial charge < -0.3 is 4.74 Å². The Hall–Kier alpha value is -2.68. The first-order valence-corrected chi connectivity index (χ1v) is 10.1. The van der Waals surface area contributed by atoms with Crippen molar-refractivity contribution in [3.8, 4) is 0 Å². The van der Waals surface area contributed by atoms with Crippen LogP contribution in [0.2, 0.25) is 5.02 Å². The van der Waals surface area contributed by atoms with Gasteiger partial charge >= 0.3 is 5.97 Å². The van der Waals surface area contributed by atoms with E-state index in [4.69, 9.17) is 28.6 Å². The average Bonchev–Trinajstić information content (AvgIpc) is 3.14. The molecule has 4 rings (SSSR count). The Balaban J connectivity index is 1.81. The van der Waals surface area contributed by atoms with E-state index in [1.807, 2.05) is 0 Å². The van der Waals surface area contributed by atoms with Gasteiger partial charge in [-0.15, -0.1) is 0 Å². The van der Waals surface area contributed by atoms with Crippen molar-refractivity contribution in [1.82, 2.24) is 0 Å². The van der Waals surface area contributed by atoms with Crippen LogP contribution >= 0.6 is 35.6 Å². The normalized spacial score (nSPS) is 18.5. The van der Waals surface area contributed by atoms with Crippen molar-refractivity contribution in [2.24, 2.45) is 0 Å². The molecule has 2 heterocycles. The fraction of sp³-hybridized carbons (Fsp3) is 0.100. The monoisotopic (exact) mass is 444 g/mol. The number of fused-ring (bicyclic) bond motifs is 1. The maximum atomic E-state index is 13.2. The number of anilines is 2. The van der Waals surface area contributed by atoms with Crippen molar-refractivity contribution < 1.29 is 19.1 Å². The molecule has 2 aliphatic rings. The number of hydrogen-bond acceptors (Lipinski definition) is 6. The van der Waals surface area contributed by atoms with E-state index >= 15 is 0 Å². The van der Waals surface area contributed by atoms with E-state index in [9.17, 15) is 14.4 Å². The van der Waals surface area contributed by atoms with Crippen LogP contribution < -0.4 is 9.80 Å². The predicted molar refractivity (Wildman–Crippen MR) is 117 cm³/mol. The maximum Gasteiger partial charge on any atom is 0.325 e. The largest absolute Gasteiger partial charge is 0.468 e. The van der Waals surface area contributed by atoms with Crippen LogP contribution in [0.5, 0.6) is 0 Å². The summed E-state index contributed by atoms with van der Waals surface area (Å²) < 4.78 is 5.00. The minimum atomic E-state index is -0.555. The lowest BCUT2D eigenvalue weighted by molar-refractivity contribution is -0.139. The fourth-order valence-corrected chi connectivity index (χ4v) is 4.76. The Bertz CT molecular complexity index is 1120. The third-order valence-electron chi connectivity index (χ3n) is 4.50. The Morgan fingerprint density at radius 1 is 1.14 bits per heavy atom. The topological polar surface area (TPSA) is 66.9 Å². The number of thioether (sulfide) groups is 1. The molecule has 9 heteroatoms. The fourth-order valence-electron chi connectivity index (χ4n) is 3.21. The number of esters is 1. The Kier molecular flexibility index (Phi) is 5.16. The van der Waals surface area contributed by atoms with Gasteiger partial charge in [-0.05, 0) is 24.3 Å². The second-order valence-electron chi connectivity index (χ2n) is 6.18. The van der Waals surface area contributed by atoms with E-state index in [0.717, 1.165) is 11.8 Å². The van der Waals surface area contributed by atoms with Crippen LogP contribution in [0.15, 0.2) is 53.4 Å². The standard InChI is InChI=1S/C20H13ClN2O4S2/c1-27-15(24)10-22-14-8-3-2-7-13(14)16(18(22)25)17-19(26)23(20(28)29-17)12-6-4-5-11(21)9-12/h2-9H,10H2,1H3/b17-16-. The highest BCUT2D eigenvalue weighted by molar-refractivity contribution is 8.27. The van der Waals surface area contributed by atoms with Crippen LogP contribution in [-0.2, 0) is 19.1 Å². The van der Waals surface area contributed by atoms with Gasteiger partial charge in [0.1, 0.15) is 6.54 Å². The van der Waals surface area contributed by atoms with Crippen molar-refractivity contribution in [3.05, 3.63) is 64.0 Å². The molecule has 2 aromatic carbocycles. The summed E-state index contributed by atoms with van der Waals surface area (Å²) in [4.78, 5) is 41.0. The molecular formula is C20H13ClN2O4S2. The summed E-state index contributed by atoms with van der Waals surface area (Å²) in [5.74, 6) is -1.40. The molecule has 0 saturated carbocycles. The Morgan fingerprint density at radius 3 is 2.62 bits per heavy atom. The molecule has 1 fully saturated rings. The van der Waals surface area contributed by atoms with Crippen molar-refractivity contribution in [1.29, 1.82) is 0 Å². The van der Waals surface area contributed by atoms with E-state index in [2.05, 4.69) is 0 Å². The molecule has 2 aliphatic heterocycles. The summed E-state index contributed by atoms with van der Waals surface area (Å²) in [6, 6.07) is 13.8. The number of thiocarbonyl (C=S) groups is 1. The van der Waals surface area contributed by atoms with Gasteiger partial charge in [-0.2, -0.15) is 0 Å². The highest BCUT2D eigenvalue weighted by Gasteiger charge is 2.43. The zero-order chi connectivity index (χ0) is 20.7. The summed E-state index contributed by atoms with van der Waals surface area (Å²) in [5, 5.41) is 0.468. The molecule has 0 aliphatic carbocycles. The molecule has 0 aromatic heterocycles. The summed E-state index contributed by atoms with van der Waals surface area (Å²) in [6.07, 6.45) is 0. The minimum absolute atomic E-state index is 0.222. The lowest BCUT2D eigenvalue weighted by Crippen LogP contribution is -2.33. The van der Waals surface area contributed by atoms with Crippen molar-refractivity contribution >= 4 is 74.6 Å². The van der Waals surface area contributed by atoms with E-state index in [1.165, 1.54) is 16.9 Å². The summed E-state index contributed by atoms with van der Waals surface area (Å²) >= 11 is 12.5. The van der Waals surface area contributed by atoms with Gasteiger partial charge in [0.2, 0.25) is 0 Å². The first-order chi connectivity index (χ1) is 13.9. The van der Waals surface area contributed by atoms with Crippen molar-refractivity contribution in [3.63, 3.8) is 0 Å². The number of rotatable bonds is 3. The molecule has 0 bridgehead atoms. The minimum Gasteiger partial charge on any atom is -0.468 e. The quantitative estimate of drug-likeness (QED) is 0.409. The second-order valence-corrected chi connectivity index (χ2v) is 8.26. The summed E-state index contributed by atoms with van der Waals surface area (Å²) in [7, 11) is 1.26. The van der Waals surface area contributed by atoms with Crippen molar-refractivity contribution in [2.45, 2.75) is 0 Å². The molecule has 2 aromatic rings. The average molecular weight is 445 g/mol. The van der Waals surface area contributed by atoms with Crippen LogP contribution in [0.1, 0.15) is 5.56 Å². The molecule has 0 N–H and O–H groups in total. The number of methoxy groups -OCH3 is 1. The van der Waals surface area contributed by atoms with Gasteiger partial charge in [0.25, 0.3) is 11.8 Å². The summed E-state index contributed by atoms with van der Waals surface area (Å²) in [5.41, 5.74) is 1.88.